The second-order valence-electron chi connectivity index (χ2n) is 3.31. The van der Waals surface area contributed by atoms with Crippen molar-refractivity contribution in [1.82, 2.24) is 5.32 Å². The van der Waals surface area contributed by atoms with Gasteiger partial charge in [0.1, 0.15) is 5.82 Å². The summed E-state index contributed by atoms with van der Waals surface area (Å²) in [5, 5.41) is 3.00. The highest BCUT2D eigenvalue weighted by Gasteiger charge is 2.15. The van der Waals surface area contributed by atoms with Crippen molar-refractivity contribution in [2.45, 2.75) is 6.61 Å². The van der Waals surface area contributed by atoms with E-state index in [2.05, 4.69) is 5.32 Å². The van der Waals surface area contributed by atoms with Gasteiger partial charge >= 0.3 is 0 Å². The molecule has 3 nitrogen and oxygen atoms in total. The van der Waals surface area contributed by atoms with E-state index in [1.165, 1.54) is 19.2 Å². The Morgan fingerprint density at radius 3 is 2.81 bits per heavy atom. The van der Waals surface area contributed by atoms with Gasteiger partial charge in [0, 0.05) is 17.7 Å². The maximum Gasteiger partial charge on any atom is 0.179 e. The van der Waals surface area contributed by atoms with Gasteiger partial charge in [0.05, 0.1) is 18.7 Å². The number of ketones is 1. The monoisotopic (exact) mass is 245 g/mol. The largest absolute Gasteiger partial charge is 0.380 e. The summed E-state index contributed by atoms with van der Waals surface area (Å²) in [6.45, 7) is 0.163. The molecule has 1 N–H and O–H groups in total. The summed E-state index contributed by atoms with van der Waals surface area (Å²) in [7, 11) is 3.08. The Labute approximate surface area is 98.5 Å². The molecule has 0 unspecified atom stereocenters. The number of benzene rings is 1. The number of methoxy groups -OCH3 is 1. The van der Waals surface area contributed by atoms with Crippen LogP contribution in [0.1, 0.15) is 15.9 Å². The molecule has 88 valence electrons. The highest BCUT2D eigenvalue weighted by molar-refractivity contribution is 6.31. The number of ether oxygens (including phenoxy) is 1. The molecule has 0 radical (unpaired) electrons. The van der Waals surface area contributed by atoms with E-state index in [0.717, 1.165) is 0 Å². The molecule has 1 rings (SSSR count). The summed E-state index contributed by atoms with van der Waals surface area (Å²) in [5.74, 6) is -0.897. The molecule has 1 aromatic carbocycles. The van der Waals surface area contributed by atoms with Crippen molar-refractivity contribution in [3.05, 3.63) is 34.1 Å². The lowest BCUT2D eigenvalue weighted by atomic mass is 10.1. The molecule has 0 aliphatic carbocycles. The molecule has 0 heterocycles. The number of carbonyl (C=O) groups is 1. The van der Waals surface area contributed by atoms with Gasteiger partial charge in [-0.25, -0.2) is 4.39 Å². The molecule has 0 saturated carbocycles. The van der Waals surface area contributed by atoms with Crippen molar-refractivity contribution in [3.8, 4) is 0 Å². The zero-order valence-corrected chi connectivity index (χ0v) is 9.90. The summed E-state index contributed by atoms with van der Waals surface area (Å²) in [4.78, 5) is 11.6. The lowest BCUT2D eigenvalue weighted by Gasteiger charge is -2.08. The molecule has 5 heteroatoms. The minimum atomic E-state index is -0.563. The number of halogens is 2. The highest BCUT2D eigenvalue weighted by Crippen LogP contribution is 2.21. The van der Waals surface area contributed by atoms with E-state index in [4.69, 9.17) is 16.3 Å². The molecule has 0 atom stereocenters. The summed E-state index contributed by atoms with van der Waals surface area (Å²) in [6.07, 6.45) is 0. The van der Waals surface area contributed by atoms with Crippen LogP contribution in [-0.4, -0.2) is 26.5 Å². The summed E-state index contributed by atoms with van der Waals surface area (Å²) >= 11 is 5.81. The van der Waals surface area contributed by atoms with Crippen LogP contribution in [0, 0.1) is 5.82 Å². The molecular formula is C11H13ClFNO2. The first-order valence-corrected chi connectivity index (χ1v) is 5.12. The van der Waals surface area contributed by atoms with Crippen LogP contribution in [0.5, 0.6) is 0 Å². The Morgan fingerprint density at radius 1 is 1.56 bits per heavy atom. The number of Topliss-reactive ketones (excluding diaryl/α,β-unsaturated/α-hetero) is 1. The maximum absolute atomic E-state index is 13.8. The summed E-state index contributed by atoms with van der Waals surface area (Å²) in [6, 6.07) is 2.78. The Hall–Kier alpha value is -0.970. The standard InChI is InChI=1S/C11H13ClFNO2/c1-14-5-10(15)9-4-8(12)3-7(6-16-2)11(9)13/h3-4,14H,5-6H2,1-2H3. The minimum absolute atomic E-state index is 0.00565. The van der Waals surface area contributed by atoms with Crippen molar-refractivity contribution in [2.75, 3.05) is 20.7 Å². The first-order valence-electron chi connectivity index (χ1n) is 4.74. The second-order valence-corrected chi connectivity index (χ2v) is 3.75. The quantitative estimate of drug-likeness (QED) is 0.807. The van der Waals surface area contributed by atoms with E-state index in [-0.39, 0.29) is 30.1 Å². The van der Waals surface area contributed by atoms with E-state index >= 15 is 0 Å². The second kappa shape index (κ2) is 5.94. The Bertz CT molecular complexity index is 396. The van der Waals surface area contributed by atoms with E-state index < -0.39 is 5.82 Å². The third-order valence-corrected chi connectivity index (χ3v) is 2.27. The van der Waals surface area contributed by atoms with Gasteiger partial charge in [0.25, 0.3) is 0 Å². The predicted molar refractivity (Wildman–Crippen MR) is 60.4 cm³/mol. The molecule has 16 heavy (non-hydrogen) atoms. The van der Waals surface area contributed by atoms with Crippen molar-refractivity contribution >= 4 is 17.4 Å². The molecule has 0 bridgehead atoms. The smallest absolute Gasteiger partial charge is 0.179 e. The number of likely N-dealkylation sites (N-methyl/N-ethyl adjacent to an activating group) is 1. The van der Waals surface area contributed by atoms with Gasteiger partial charge in [-0.2, -0.15) is 0 Å². The van der Waals surface area contributed by atoms with E-state index in [0.29, 0.717) is 5.02 Å². The fraction of sp³-hybridized carbons (Fsp3) is 0.364. The predicted octanol–water partition coefficient (Wildman–Crippen LogP) is 2.03. The fourth-order valence-electron chi connectivity index (χ4n) is 1.36. The molecule has 0 aromatic heterocycles. The van der Waals surface area contributed by atoms with Crippen molar-refractivity contribution in [1.29, 1.82) is 0 Å². The van der Waals surface area contributed by atoms with Gasteiger partial charge in [-0.1, -0.05) is 11.6 Å². The Balaban J connectivity index is 3.13. The van der Waals surface area contributed by atoms with Gasteiger partial charge in [-0.3, -0.25) is 4.79 Å². The fourth-order valence-corrected chi connectivity index (χ4v) is 1.61. The van der Waals surface area contributed by atoms with E-state index in [9.17, 15) is 9.18 Å². The Morgan fingerprint density at radius 2 is 2.25 bits per heavy atom. The van der Waals surface area contributed by atoms with Crippen LogP contribution in [-0.2, 0) is 11.3 Å². The van der Waals surface area contributed by atoms with Crippen LogP contribution in [0.4, 0.5) is 4.39 Å². The molecule has 0 saturated heterocycles. The lowest BCUT2D eigenvalue weighted by Crippen LogP contribution is -2.20. The zero-order valence-electron chi connectivity index (χ0n) is 9.14. The molecule has 0 fully saturated rings. The molecule has 0 aliphatic heterocycles. The number of nitrogens with one attached hydrogen (secondary N) is 1. The van der Waals surface area contributed by atoms with Crippen LogP contribution in [0.2, 0.25) is 5.02 Å². The molecular weight excluding hydrogens is 233 g/mol. The summed E-state index contributed by atoms with van der Waals surface area (Å²) in [5.41, 5.74) is 0.281. The lowest BCUT2D eigenvalue weighted by molar-refractivity contribution is 0.0989. The average molecular weight is 246 g/mol. The molecule has 0 aliphatic rings. The number of hydrogen-bond donors (Lipinski definition) is 1. The first-order chi connectivity index (χ1) is 7.60. The van der Waals surface area contributed by atoms with Crippen LogP contribution < -0.4 is 5.32 Å². The zero-order chi connectivity index (χ0) is 12.1. The number of carbonyl (C=O) groups excluding carboxylic acids is 1. The van der Waals surface area contributed by atoms with E-state index in [1.54, 1.807) is 7.05 Å². The van der Waals surface area contributed by atoms with Gasteiger partial charge in [-0.05, 0) is 19.2 Å². The maximum atomic E-state index is 13.8. The van der Waals surface area contributed by atoms with E-state index in [1.807, 2.05) is 0 Å². The first kappa shape index (κ1) is 13.1. The van der Waals surface area contributed by atoms with Crippen molar-refractivity contribution in [3.63, 3.8) is 0 Å². The van der Waals surface area contributed by atoms with Crippen LogP contribution in [0.25, 0.3) is 0 Å². The SMILES string of the molecule is CNCC(=O)c1cc(Cl)cc(COC)c1F. The third kappa shape index (κ3) is 3.01. The number of rotatable bonds is 5. The molecule has 0 amide bonds. The van der Waals surface area contributed by atoms with Gasteiger partial charge in [0.15, 0.2) is 5.78 Å². The average Bonchev–Trinajstić information content (AvgIpc) is 2.23. The molecule has 0 spiro atoms. The van der Waals surface area contributed by atoms with Crippen molar-refractivity contribution in [2.24, 2.45) is 0 Å². The van der Waals surface area contributed by atoms with Crippen LogP contribution in [0.15, 0.2) is 12.1 Å². The third-order valence-electron chi connectivity index (χ3n) is 2.05. The number of hydrogen-bond acceptors (Lipinski definition) is 3. The highest BCUT2D eigenvalue weighted by atomic mass is 35.5. The minimum Gasteiger partial charge on any atom is -0.380 e. The topological polar surface area (TPSA) is 38.3 Å². The van der Waals surface area contributed by atoms with Gasteiger partial charge < -0.3 is 10.1 Å². The van der Waals surface area contributed by atoms with Gasteiger partial charge in [0.2, 0.25) is 0 Å². The molecule has 1 aromatic rings. The van der Waals surface area contributed by atoms with Crippen molar-refractivity contribution < 1.29 is 13.9 Å². The Kier molecular flexibility index (Phi) is 4.86. The van der Waals surface area contributed by atoms with Crippen LogP contribution >= 0.6 is 11.6 Å². The van der Waals surface area contributed by atoms with Crippen LogP contribution in [0.3, 0.4) is 0 Å². The normalized spacial score (nSPS) is 10.5. The van der Waals surface area contributed by atoms with Gasteiger partial charge in [-0.15, -0.1) is 0 Å². The summed E-state index contributed by atoms with van der Waals surface area (Å²) < 4.78 is 18.7.